The zero-order valence-electron chi connectivity index (χ0n) is 13.3. The number of hydrogen-bond donors (Lipinski definition) is 2. The predicted molar refractivity (Wildman–Crippen MR) is 85.1 cm³/mol. The molecule has 0 amide bonds. The molecule has 0 aliphatic rings. The van der Waals surface area contributed by atoms with Crippen molar-refractivity contribution in [2.75, 3.05) is 11.9 Å². The molecule has 0 spiro atoms. The van der Waals surface area contributed by atoms with Crippen molar-refractivity contribution in [1.29, 1.82) is 0 Å². The van der Waals surface area contributed by atoms with E-state index in [1.165, 1.54) is 16.7 Å². The van der Waals surface area contributed by atoms with Crippen LogP contribution >= 0.6 is 0 Å². The molecule has 0 aliphatic heterocycles. The number of aryl methyl sites for hydroxylation is 3. The van der Waals surface area contributed by atoms with E-state index in [-0.39, 0.29) is 5.54 Å². The van der Waals surface area contributed by atoms with E-state index < -0.39 is 0 Å². The van der Waals surface area contributed by atoms with Crippen LogP contribution in [0.2, 0.25) is 0 Å². The number of aliphatic imine (C=N–C) groups is 1. The van der Waals surface area contributed by atoms with Crippen LogP contribution in [0.5, 0.6) is 0 Å². The van der Waals surface area contributed by atoms with Gasteiger partial charge in [-0.25, -0.2) is 0 Å². The van der Waals surface area contributed by atoms with Gasteiger partial charge in [-0.05, 0) is 59.6 Å². The molecule has 0 saturated carbocycles. The number of nitrogens with zero attached hydrogens (tertiary/aromatic N) is 1. The highest BCUT2D eigenvalue weighted by atomic mass is 15.2. The van der Waals surface area contributed by atoms with Crippen LogP contribution in [0.15, 0.2) is 17.1 Å². The van der Waals surface area contributed by atoms with Crippen molar-refractivity contribution in [3.8, 4) is 0 Å². The number of hydrogen-bond acceptors (Lipinski definition) is 1. The maximum absolute atomic E-state index is 4.50. The highest BCUT2D eigenvalue weighted by Crippen LogP contribution is 2.22. The standard InChI is InChI=1S/C16H27N3/c1-8-17-15(19-16(5,6)7)18-14-12(3)9-11(2)10-13(14)4/h9-10H,8H2,1-7H3,(H2,17,18,19). The molecule has 0 fully saturated rings. The summed E-state index contributed by atoms with van der Waals surface area (Å²) in [5, 5.41) is 6.85. The maximum Gasteiger partial charge on any atom is 0.196 e. The Kier molecular flexibility index (Phi) is 4.98. The molecule has 1 rings (SSSR count). The minimum absolute atomic E-state index is 0.00644. The predicted octanol–water partition coefficient (Wildman–Crippen LogP) is 3.79. The number of guanidine groups is 1. The molecule has 1 aromatic rings. The summed E-state index contributed by atoms with van der Waals surface area (Å²) in [6.45, 7) is 15.6. The van der Waals surface area contributed by atoms with E-state index >= 15 is 0 Å². The summed E-state index contributed by atoms with van der Waals surface area (Å²) in [7, 11) is 0. The Balaban J connectivity index is 3.01. The van der Waals surface area contributed by atoms with E-state index in [0.29, 0.717) is 0 Å². The first kappa shape index (κ1) is 15.5. The van der Waals surface area contributed by atoms with Crippen LogP contribution in [0.4, 0.5) is 5.69 Å². The third kappa shape index (κ3) is 4.93. The molecule has 0 saturated heterocycles. The lowest BCUT2D eigenvalue weighted by atomic mass is 10.1. The van der Waals surface area contributed by atoms with Gasteiger partial charge in [0, 0.05) is 17.8 Å². The van der Waals surface area contributed by atoms with Gasteiger partial charge in [0.1, 0.15) is 0 Å². The summed E-state index contributed by atoms with van der Waals surface area (Å²) in [5.74, 6) is 0.838. The number of nitrogens with one attached hydrogen (secondary N) is 2. The minimum Gasteiger partial charge on any atom is -0.352 e. The summed E-state index contributed by atoms with van der Waals surface area (Å²) in [6, 6.07) is 4.38. The van der Waals surface area contributed by atoms with Crippen molar-refractivity contribution in [2.45, 2.75) is 54.0 Å². The molecule has 19 heavy (non-hydrogen) atoms. The lowest BCUT2D eigenvalue weighted by molar-refractivity contribution is 0.510. The third-order valence-electron chi connectivity index (χ3n) is 2.73. The fourth-order valence-corrected chi connectivity index (χ4v) is 2.12. The number of anilines is 1. The van der Waals surface area contributed by atoms with E-state index in [1.807, 2.05) is 6.92 Å². The first-order valence-corrected chi connectivity index (χ1v) is 6.90. The quantitative estimate of drug-likeness (QED) is 0.628. The Morgan fingerprint density at radius 1 is 1.11 bits per heavy atom. The fraction of sp³-hybridized carbons (Fsp3) is 0.562. The Morgan fingerprint density at radius 2 is 1.63 bits per heavy atom. The van der Waals surface area contributed by atoms with Gasteiger partial charge >= 0.3 is 0 Å². The Morgan fingerprint density at radius 3 is 2.05 bits per heavy atom. The second kappa shape index (κ2) is 6.09. The molecule has 106 valence electrons. The molecular weight excluding hydrogens is 234 g/mol. The molecule has 0 radical (unpaired) electrons. The minimum atomic E-state index is -0.00644. The highest BCUT2D eigenvalue weighted by molar-refractivity contribution is 5.95. The largest absolute Gasteiger partial charge is 0.352 e. The van der Waals surface area contributed by atoms with Crippen molar-refractivity contribution in [1.82, 2.24) is 5.32 Å². The zero-order chi connectivity index (χ0) is 14.6. The van der Waals surface area contributed by atoms with Crippen LogP contribution in [0.25, 0.3) is 0 Å². The summed E-state index contributed by atoms with van der Waals surface area (Å²) in [5.41, 5.74) is 4.93. The number of rotatable bonds is 2. The van der Waals surface area contributed by atoms with Crippen molar-refractivity contribution in [2.24, 2.45) is 4.99 Å². The van der Waals surface area contributed by atoms with Gasteiger partial charge in [0.25, 0.3) is 0 Å². The van der Waals surface area contributed by atoms with Crippen LogP contribution < -0.4 is 10.6 Å². The molecule has 0 aliphatic carbocycles. The third-order valence-corrected chi connectivity index (χ3v) is 2.73. The van der Waals surface area contributed by atoms with E-state index in [4.69, 9.17) is 0 Å². The first-order chi connectivity index (χ1) is 8.73. The highest BCUT2D eigenvalue weighted by Gasteiger charge is 2.13. The van der Waals surface area contributed by atoms with Gasteiger partial charge in [0.2, 0.25) is 0 Å². The molecule has 0 bridgehead atoms. The molecule has 0 aromatic heterocycles. The molecule has 3 heteroatoms. The molecule has 0 unspecified atom stereocenters. The van der Waals surface area contributed by atoms with E-state index in [9.17, 15) is 0 Å². The van der Waals surface area contributed by atoms with Crippen LogP contribution in [-0.2, 0) is 0 Å². The van der Waals surface area contributed by atoms with Gasteiger partial charge in [0.05, 0.1) is 0 Å². The lowest BCUT2D eigenvalue weighted by Gasteiger charge is -2.25. The van der Waals surface area contributed by atoms with Gasteiger partial charge in [-0.1, -0.05) is 17.7 Å². The average Bonchev–Trinajstić information content (AvgIpc) is 2.21. The van der Waals surface area contributed by atoms with Gasteiger partial charge in [-0.2, -0.15) is 0 Å². The van der Waals surface area contributed by atoms with Gasteiger partial charge in [-0.3, -0.25) is 4.99 Å². The molecule has 2 N–H and O–H groups in total. The second-order valence-corrected chi connectivity index (χ2v) is 6.10. The van der Waals surface area contributed by atoms with Crippen molar-refractivity contribution in [3.63, 3.8) is 0 Å². The van der Waals surface area contributed by atoms with E-state index in [2.05, 4.69) is 69.3 Å². The van der Waals surface area contributed by atoms with Gasteiger partial charge < -0.3 is 10.6 Å². The van der Waals surface area contributed by atoms with E-state index in [0.717, 1.165) is 18.2 Å². The molecule has 1 aromatic carbocycles. The van der Waals surface area contributed by atoms with Crippen LogP contribution in [0, 0.1) is 20.8 Å². The molecule has 3 nitrogen and oxygen atoms in total. The van der Waals surface area contributed by atoms with Crippen LogP contribution in [0.3, 0.4) is 0 Å². The second-order valence-electron chi connectivity index (χ2n) is 6.10. The Hall–Kier alpha value is -1.51. The molecule has 0 heterocycles. The number of benzene rings is 1. The Bertz CT molecular complexity index is 444. The average molecular weight is 261 g/mol. The Labute approximate surface area is 117 Å². The lowest BCUT2D eigenvalue weighted by Crippen LogP contribution is -2.44. The summed E-state index contributed by atoms with van der Waals surface area (Å²) < 4.78 is 0. The topological polar surface area (TPSA) is 36.4 Å². The zero-order valence-corrected chi connectivity index (χ0v) is 13.3. The monoisotopic (exact) mass is 261 g/mol. The van der Waals surface area contributed by atoms with E-state index in [1.54, 1.807) is 0 Å². The van der Waals surface area contributed by atoms with Gasteiger partial charge in [-0.15, -0.1) is 0 Å². The van der Waals surface area contributed by atoms with Crippen molar-refractivity contribution in [3.05, 3.63) is 28.8 Å². The van der Waals surface area contributed by atoms with Crippen molar-refractivity contribution < 1.29 is 0 Å². The normalized spacial score (nSPS) is 12.5. The first-order valence-electron chi connectivity index (χ1n) is 6.90. The van der Waals surface area contributed by atoms with Crippen LogP contribution in [-0.4, -0.2) is 18.0 Å². The SMILES string of the molecule is CCN=C(Nc1c(C)cc(C)cc1C)NC(C)(C)C. The summed E-state index contributed by atoms with van der Waals surface area (Å²) in [4.78, 5) is 4.50. The van der Waals surface area contributed by atoms with Gasteiger partial charge in [0.15, 0.2) is 5.96 Å². The van der Waals surface area contributed by atoms with Crippen molar-refractivity contribution >= 4 is 11.6 Å². The fourth-order valence-electron chi connectivity index (χ4n) is 2.12. The van der Waals surface area contributed by atoms with Crippen LogP contribution in [0.1, 0.15) is 44.4 Å². The molecular formula is C16H27N3. The maximum atomic E-state index is 4.50. The summed E-state index contributed by atoms with van der Waals surface area (Å²) >= 11 is 0. The summed E-state index contributed by atoms with van der Waals surface area (Å²) in [6.07, 6.45) is 0. The smallest absolute Gasteiger partial charge is 0.196 e. The molecule has 0 atom stereocenters.